The Kier molecular flexibility index (Phi) is 2.08. The number of nitrogens with one attached hydrogen (secondary N) is 2. The third kappa shape index (κ3) is 1.34. The van der Waals surface area contributed by atoms with Gasteiger partial charge >= 0.3 is 0 Å². The van der Waals surface area contributed by atoms with E-state index in [2.05, 4.69) is 20.7 Å². The number of hydrogen-bond donors (Lipinski definition) is 2. The molecule has 4 nitrogen and oxygen atoms in total. The summed E-state index contributed by atoms with van der Waals surface area (Å²) >= 11 is 0. The van der Waals surface area contributed by atoms with Crippen molar-refractivity contribution in [3.8, 4) is 0 Å². The molecule has 1 fully saturated rings. The molecule has 1 saturated heterocycles. The Morgan fingerprint density at radius 2 is 2.00 bits per heavy atom. The van der Waals surface area contributed by atoms with E-state index >= 15 is 0 Å². The molecule has 0 aromatic carbocycles. The molecule has 1 aromatic heterocycles. The fourth-order valence-corrected chi connectivity index (χ4v) is 1.77. The predicted molar refractivity (Wildman–Crippen MR) is 46.0 cm³/mol. The van der Waals surface area contributed by atoms with Gasteiger partial charge in [0.15, 0.2) is 0 Å². The van der Waals surface area contributed by atoms with E-state index in [1.54, 1.807) is 0 Å². The lowest BCUT2D eigenvalue weighted by Gasteiger charge is -2.20. The molecule has 1 aliphatic heterocycles. The first-order valence-electron chi connectivity index (χ1n) is 4.46. The molecule has 0 spiro atoms. The lowest BCUT2D eigenvalue weighted by atomic mass is 9.94. The Bertz CT molecular complexity index is 249. The van der Waals surface area contributed by atoms with Crippen molar-refractivity contribution in [1.82, 2.24) is 20.7 Å². The molecule has 2 N–H and O–H groups in total. The van der Waals surface area contributed by atoms with Gasteiger partial charge in [-0.2, -0.15) is 15.4 Å². The maximum Gasteiger partial charge on any atom is 0.0885 e. The van der Waals surface area contributed by atoms with Gasteiger partial charge in [-0.3, -0.25) is 0 Å². The normalized spacial score (nSPS) is 19.8. The Morgan fingerprint density at radius 1 is 1.25 bits per heavy atom. The second kappa shape index (κ2) is 3.23. The summed E-state index contributed by atoms with van der Waals surface area (Å²) in [4.78, 5) is 0. The zero-order valence-corrected chi connectivity index (χ0v) is 7.30. The van der Waals surface area contributed by atoms with Gasteiger partial charge < -0.3 is 5.32 Å². The van der Waals surface area contributed by atoms with Crippen molar-refractivity contribution in [2.45, 2.75) is 25.7 Å². The predicted octanol–water partition coefficient (Wildman–Crippen LogP) is 0.580. The zero-order valence-electron chi connectivity index (χ0n) is 7.30. The molecule has 1 aromatic rings. The monoisotopic (exact) mass is 166 g/mol. The maximum absolute atomic E-state index is 4.18. The summed E-state index contributed by atoms with van der Waals surface area (Å²) in [5, 5.41) is 14.2. The Balaban J connectivity index is 2.13. The van der Waals surface area contributed by atoms with Gasteiger partial charge in [0, 0.05) is 5.92 Å². The number of H-pyrrole nitrogens is 1. The molecule has 4 heteroatoms. The van der Waals surface area contributed by atoms with E-state index in [-0.39, 0.29) is 0 Å². The van der Waals surface area contributed by atoms with Crippen LogP contribution in [0.3, 0.4) is 0 Å². The fraction of sp³-hybridized carbons (Fsp3) is 0.750. The van der Waals surface area contributed by atoms with Crippen LogP contribution in [0.2, 0.25) is 0 Å². The molecule has 2 rings (SSSR count). The van der Waals surface area contributed by atoms with Gasteiger partial charge in [-0.1, -0.05) is 0 Å². The molecule has 0 saturated carbocycles. The van der Waals surface area contributed by atoms with Crippen LogP contribution in [0.4, 0.5) is 0 Å². The average Bonchev–Trinajstić information content (AvgIpc) is 2.53. The molecule has 2 heterocycles. The maximum atomic E-state index is 4.18. The topological polar surface area (TPSA) is 53.6 Å². The van der Waals surface area contributed by atoms with Crippen LogP contribution >= 0.6 is 0 Å². The van der Waals surface area contributed by atoms with Crippen molar-refractivity contribution in [2.24, 2.45) is 0 Å². The van der Waals surface area contributed by atoms with Crippen molar-refractivity contribution in [3.05, 3.63) is 11.4 Å². The van der Waals surface area contributed by atoms with Gasteiger partial charge in [-0.15, -0.1) is 0 Å². The fourth-order valence-electron chi connectivity index (χ4n) is 1.77. The van der Waals surface area contributed by atoms with Crippen molar-refractivity contribution < 1.29 is 0 Å². The summed E-state index contributed by atoms with van der Waals surface area (Å²) in [5.41, 5.74) is 2.22. The minimum atomic E-state index is 0.616. The number of aryl methyl sites for hydroxylation is 1. The molecular weight excluding hydrogens is 152 g/mol. The summed E-state index contributed by atoms with van der Waals surface area (Å²) in [6, 6.07) is 0. The highest BCUT2D eigenvalue weighted by atomic mass is 15.3. The second-order valence-electron chi connectivity index (χ2n) is 3.32. The first-order valence-corrected chi connectivity index (χ1v) is 4.46. The van der Waals surface area contributed by atoms with Gasteiger partial charge in [-0.05, 0) is 32.9 Å². The summed E-state index contributed by atoms with van der Waals surface area (Å²) in [5.74, 6) is 0.616. The van der Waals surface area contributed by atoms with Crippen molar-refractivity contribution in [2.75, 3.05) is 13.1 Å². The molecule has 0 radical (unpaired) electrons. The molecule has 0 unspecified atom stereocenters. The molecule has 12 heavy (non-hydrogen) atoms. The molecule has 0 atom stereocenters. The number of aromatic amines is 1. The lowest BCUT2D eigenvalue weighted by molar-refractivity contribution is 0.451. The molecule has 66 valence electrons. The third-order valence-electron chi connectivity index (χ3n) is 2.48. The van der Waals surface area contributed by atoms with Gasteiger partial charge in [0.1, 0.15) is 0 Å². The van der Waals surface area contributed by atoms with Crippen LogP contribution in [0, 0.1) is 6.92 Å². The van der Waals surface area contributed by atoms with Crippen molar-refractivity contribution >= 4 is 0 Å². The number of aromatic nitrogens is 3. The molecule has 0 aliphatic carbocycles. The van der Waals surface area contributed by atoms with Crippen LogP contribution in [0.15, 0.2) is 0 Å². The molecule has 0 bridgehead atoms. The van der Waals surface area contributed by atoms with E-state index in [9.17, 15) is 0 Å². The smallest absolute Gasteiger partial charge is 0.0885 e. The van der Waals surface area contributed by atoms with E-state index in [1.807, 2.05) is 6.92 Å². The van der Waals surface area contributed by atoms with Crippen LogP contribution in [-0.2, 0) is 0 Å². The Labute approximate surface area is 71.8 Å². The largest absolute Gasteiger partial charge is 0.317 e. The van der Waals surface area contributed by atoms with Gasteiger partial charge in [-0.25, -0.2) is 0 Å². The van der Waals surface area contributed by atoms with E-state index in [0.717, 1.165) is 24.5 Å². The van der Waals surface area contributed by atoms with Gasteiger partial charge in [0.2, 0.25) is 0 Å². The molecular formula is C8H14N4. The highest BCUT2D eigenvalue weighted by molar-refractivity contribution is 5.12. The highest BCUT2D eigenvalue weighted by Crippen LogP contribution is 2.24. The number of rotatable bonds is 1. The van der Waals surface area contributed by atoms with Crippen molar-refractivity contribution in [1.29, 1.82) is 0 Å². The first-order chi connectivity index (χ1) is 5.88. The van der Waals surface area contributed by atoms with Crippen LogP contribution in [-0.4, -0.2) is 28.5 Å². The van der Waals surface area contributed by atoms with E-state index in [4.69, 9.17) is 0 Å². The van der Waals surface area contributed by atoms with E-state index in [0.29, 0.717) is 5.92 Å². The highest BCUT2D eigenvalue weighted by Gasteiger charge is 2.19. The summed E-state index contributed by atoms with van der Waals surface area (Å²) in [7, 11) is 0. The number of piperidine rings is 1. The van der Waals surface area contributed by atoms with Gasteiger partial charge in [0.05, 0.1) is 11.4 Å². The Morgan fingerprint density at radius 3 is 2.58 bits per heavy atom. The molecule has 0 amide bonds. The number of nitrogens with zero attached hydrogens (tertiary/aromatic N) is 2. The molecule has 1 aliphatic rings. The van der Waals surface area contributed by atoms with Crippen LogP contribution in [0.5, 0.6) is 0 Å². The minimum absolute atomic E-state index is 0.616. The standard InChI is InChI=1S/C8H14N4/c1-6-8(11-12-10-6)7-2-4-9-5-3-7/h7,9H,2-5H2,1H3,(H,10,11,12). The third-order valence-corrected chi connectivity index (χ3v) is 2.48. The SMILES string of the molecule is Cc1n[nH]nc1C1CCNCC1. The van der Waals surface area contributed by atoms with Crippen LogP contribution in [0.1, 0.15) is 30.1 Å². The summed E-state index contributed by atoms with van der Waals surface area (Å²) < 4.78 is 0. The van der Waals surface area contributed by atoms with Crippen LogP contribution < -0.4 is 5.32 Å². The minimum Gasteiger partial charge on any atom is -0.317 e. The van der Waals surface area contributed by atoms with Crippen LogP contribution in [0.25, 0.3) is 0 Å². The quantitative estimate of drug-likeness (QED) is 0.641. The lowest BCUT2D eigenvalue weighted by Crippen LogP contribution is -2.27. The van der Waals surface area contributed by atoms with Gasteiger partial charge in [0.25, 0.3) is 0 Å². The first kappa shape index (κ1) is 7.73. The summed E-state index contributed by atoms with van der Waals surface area (Å²) in [6.07, 6.45) is 2.38. The Hall–Kier alpha value is -0.900. The van der Waals surface area contributed by atoms with E-state index < -0.39 is 0 Å². The zero-order chi connectivity index (χ0) is 8.39. The second-order valence-corrected chi connectivity index (χ2v) is 3.32. The average molecular weight is 166 g/mol. The van der Waals surface area contributed by atoms with E-state index in [1.165, 1.54) is 12.8 Å². The summed E-state index contributed by atoms with van der Waals surface area (Å²) in [6.45, 7) is 4.23. The van der Waals surface area contributed by atoms with Crippen molar-refractivity contribution in [3.63, 3.8) is 0 Å². The number of hydrogen-bond acceptors (Lipinski definition) is 3.